The second kappa shape index (κ2) is 8.11. The topological polar surface area (TPSA) is 49.8 Å². The van der Waals surface area contributed by atoms with Crippen LogP contribution in [0.3, 0.4) is 0 Å². The van der Waals surface area contributed by atoms with E-state index in [1.807, 2.05) is 69.4 Å². The quantitative estimate of drug-likeness (QED) is 0.259. The Labute approximate surface area is 187 Å². The summed E-state index contributed by atoms with van der Waals surface area (Å²) in [6.45, 7) is 0. The molecule has 0 radical (unpaired) electrons. The molecule has 1 heterocycles. The third-order valence-corrected chi connectivity index (χ3v) is 5.07. The van der Waals surface area contributed by atoms with E-state index in [2.05, 4.69) is 20.6 Å². The van der Waals surface area contributed by atoms with Crippen molar-refractivity contribution in [2.45, 2.75) is 0 Å². The van der Waals surface area contributed by atoms with Gasteiger partial charge in [0.25, 0.3) is 0 Å². The van der Waals surface area contributed by atoms with Crippen molar-refractivity contribution in [3.8, 4) is 0 Å². The number of nitrogens with zero attached hydrogens (tertiary/aromatic N) is 2. The molecule has 1 aromatic heterocycles. The van der Waals surface area contributed by atoms with E-state index < -0.39 is 0 Å². The highest BCUT2D eigenvalue weighted by molar-refractivity contribution is 14.1. The molecule has 2 N–H and O–H groups in total. The molecule has 0 saturated heterocycles. The van der Waals surface area contributed by atoms with Crippen LogP contribution in [0.4, 0.5) is 31.8 Å². The van der Waals surface area contributed by atoms with Gasteiger partial charge in [0.15, 0.2) is 11.6 Å². The van der Waals surface area contributed by atoms with Crippen molar-refractivity contribution in [2.24, 2.45) is 0 Å². The molecule has 0 spiro atoms. The summed E-state index contributed by atoms with van der Waals surface area (Å²) in [5, 5.41) is 6.24. The Balaban J connectivity index is 1.79. The van der Waals surface area contributed by atoms with Crippen LogP contribution in [0.2, 0.25) is 0 Å². The van der Waals surface area contributed by atoms with Gasteiger partial charge in [-0.15, -0.1) is 0 Å². The minimum atomic E-state index is -0.350. The van der Waals surface area contributed by atoms with E-state index in [9.17, 15) is 8.78 Å². The van der Waals surface area contributed by atoms with Crippen LogP contribution in [-0.2, 0) is 0 Å². The van der Waals surface area contributed by atoms with Crippen molar-refractivity contribution in [2.75, 3.05) is 10.6 Å². The first-order valence-corrected chi connectivity index (χ1v) is 10.3. The Morgan fingerprint density at radius 1 is 0.643 bits per heavy atom. The smallest absolute Gasteiger partial charge is 0.174 e. The van der Waals surface area contributed by atoms with Crippen LogP contribution >= 0.6 is 45.2 Å². The third kappa shape index (κ3) is 4.49. The molecule has 0 aliphatic heterocycles. The van der Waals surface area contributed by atoms with Crippen molar-refractivity contribution in [1.82, 2.24) is 9.97 Å². The van der Waals surface area contributed by atoms with E-state index in [1.165, 1.54) is 24.3 Å². The van der Waals surface area contributed by atoms with Crippen molar-refractivity contribution in [3.63, 3.8) is 0 Å². The highest BCUT2D eigenvalue weighted by Crippen LogP contribution is 2.29. The highest BCUT2D eigenvalue weighted by Gasteiger charge is 2.12. The van der Waals surface area contributed by atoms with Gasteiger partial charge in [0, 0.05) is 18.5 Å². The molecule has 0 atom stereocenters. The molecular formula is C20H12F2I2N4. The van der Waals surface area contributed by atoms with Gasteiger partial charge in [-0.2, -0.15) is 0 Å². The molecule has 0 unspecified atom stereocenters. The zero-order chi connectivity index (χ0) is 19.7. The predicted molar refractivity (Wildman–Crippen MR) is 124 cm³/mol. The minimum Gasteiger partial charge on any atom is -0.337 e. The normalized spacial score (nSPS) is 10.9. The number of rotatable bonds is 4. The molecule has 0 aliphatic rings. The number of aromatic nitrogens is 2. The summed E-state index contributed by atoms with van der Waals surface area (Å²) in [4.78, 5) is 9.23. The Morgan fingerprint density at radius 2 is 1.07 bits per heavy atom. The maximum atomic E-state index is 13.8. The van der Waals surface area contributed by atoms with Crippen LogP contribution in [0.5, 0.6) is 0 Å². The fraction of sp³-hybridized carbons (Fsp3) is 0. The molecule has 28 heavy (non-hydrogen) atoms. The van der Waals surface area contributed by atoms with Gasteiger partial charge in [0.1, 0.15) is 11.6 Å². The van der Waals surface area contributed by atoms with Gasteiger partial charge in [-0.1, -0.05) is 12.1 Å². The fourth-order valence-corrected chi connectivity index (χ4v) is 3.97. The number of benzene rings is 3. The first-order valence-electron chi connectivity index (χ1n) is 8.19. The van der Waals surface area contributed by atoms with E-state index >= 15 is 0 Å². The molecule has 0 saturated carbocycles. The Hall–Kier alpha value is -2.08. The van der Waals surface area contributed by atoms with Crippen molar-refractivity contribution in [3.05, 3.63) is 79.4 Å². The molecule has 0 amide bonds. The van der Waals surface area contributed by atoms with Crippen LogP contribution in [0.15, 0.2) is 60.7 Å². The van der Waals surface area contributed by atoms with Crippen LogP contribution < -0.4 is 10.6 Å². The van der Waals surface area contributed by atoms with Gasteiger partial charge in [-0.25, -0.2) is 18.7 Å². The lowest BCUT2D eigenvalue weighted by atomic mass is 10.2. The highest BCUT2D eigenvalue weighted by atomic mass is 127. The summed E-state index contributed by atoms with van der Waals surface area (Å²) in [6.07, 6.45) is 0. The van der Waals surface area contributed by atoms with Crippen LogP contribution in [0, 0.1) is 18.8 Å². The van der Waals surface area contributed by atoms with E-state index in [-0.39, 0.29) is 11.6 Å². The Kier molecular flexibility index (Phi) is 5.58. The summed E-state index contributed by atoms with van der Waals surface area (Å²) < 4.78 is 29.1. The van der Waals surface area contributed by atoms with Gasteiger partial charge >= 0.3 is 0 Å². The number of nitrogens with one attached hydrogen (secondary N) is 2. The third-order valence-electron chi connectivity index (χ3n) is 3.82. The van der Waals surface area contributed by atoms with Gasteiger partial charge in [-0.05, 0) is 93.7 Å². The predicted octanol–water partition coefficient (Wildman–Crippen LogP) is 6.60. The molecule has 4 aromatic rings. The van der Waals surface area contributed by atoms with Crippen molar-refractivity contribution >= 4 is 79.2 Å². The van der Waals surface area contributed by atoms with Crippen LogP contribution in [0.1, 0.15) is 0 Å². The molecule has 8 heteroatoms. The number of para-hydroxylation sites is 2. The van der Waals surface area contributed by atoms with Crippen LogP contribution in [0.25, 0.3) is 11.0 Å². The fourth-order valence-electron chi connectivity index (χ4n) is 2.70. The Morgan fingerprint density at radius 3 is 1.46 bits per heavy atom. The molecule has 4 rings (SSSR count). The zero-order valence-electron chi connectivity index (χ0n) is 14.2. The SMILES string of the molecule is Fc1cc(I)cc(Nc2nc3ccccc3nc2Nc2cc(F)cc(I)c2)c1. The number of fused-ring (bicyclic) bond motifs is 1. The summed E-state index contributed by atoms with van der Waals surface area (Å²) in [5.74, 6) is 0.133. The average Bonchev–Trinajstić information content (AvgIpc) is 2.60. The molecule has 0 aliphatic carbocycles. The lowest BCUT2D eigenvalue weighted by molar-refractivity contribution is 0.627. The van der Waals surface area contributed by atoms with Gasteiger partial charge in [-0.3, -0.25) is 0 Å². The monoisotopic (exact) mass is 600 g/mol. The minimum absolute atomic E-state index is 0.350. The first-order chi connectivity index (χ1) is 13.5. The average molecular weight is 600 g/mol. The second-order valence-corrected chi connectivity index (χ2v) is 8.47. The van der Waals surface area contributed by atoms with E-state index in [4.69, 9.17) is 0 Å². The maximum absolute atomic E-state index is 13.8. The molecule has 0 fully saturated rings. The van der Waals surface area contributed by atoms with Crippen LogP contribution in [-0.4, -0.2) is 9.97 Å². The summed E-state index contributed by atoms with van der Waals surface area (Å²) in [7, 11) is 0. The summed E-state index contributed by atoms with van der Waals surface area (Å²) >= 11 is 4.10. The van der Waals surface area contributed by atoms with Gasteiger partial charge in [0.05, 0.1) is 11.0 Å². The number of hydrogen-bond donors (Lipinski definition) is 2. The number of halogens is 4. The molecule has 3 aromatic carbocycles. The van der Waals surface area contributed by atoms with Crippen molar-refractivity contribution in [1.29, 1.82) is 0 Å². The number of anilines is 4. The molecule has 0 bridgehead atoms. The standard InChI is InChI=1S/C20H12F2I2N4/c21-11-5-13(23)9-15(7-11)25-19-20(26-16-8-12(22)6-14(24)10-16)28-18-4-2-1-3-17(18)27-19/h1-10H,(H,25,27)(H,26,28). The summed E-state index contributed by atoms with van der Waals surface area (Å²) in [5.41, 5.74) is 2.47. The lowest BCUT2D eigenvalue weighted by Crippen LogP contribution is -2.04. The largest absolute Gasteiger partial charge is 0.337 e. The zero-order valence-corrected chi connectivity index (χ0v) is 18.5. The Bertz CT molecular complexity index is 1050. The van der Waals surface area contributed by atoms with Crippen molar-refractivity contribution < 1.29 is 8.78 Å². The maximum Gasteiger partial charge on any atom is 0.174 e. The summed E-state index contributed by atoms with van der Waals surface area (Å²) in [6, 6.07) is 16.7. The molecule has 140 valence electrons. The second-order valence-electron chi connectivity index (χ2n) is 5.98. The molecule has 4 nitrogen and oxygen atoms in total. The van der Waals surface area contributed by atoms with E-state index in [0.29, 0.717) is 34.0 Å². The van der Waals surface area contributed by atoms with Gasteiger partial charge in [0.2, 0.25) is 0 Å². The van der Waals surface area contributed by atoms with E-state index in [0.717, 1.165) is 7.14 Å². The van der Waals surface area contributed by atoms with Gasteiger partial charge < -0.3 is 10.6 Å². The van der Waals surface area contributed by atoms with E-state index in [1.54, 1.807) is 12.1 Å². The lowest BCUT2D eigenvalue weighted by Gasteiger charge is -2.14. The number of hydrogen-bond acceptors (Lipinski definition) is 4. The first kappa shape index (κ1) is 19.2. The molecular weight excluding hydrogens is 588 g/mol.